The standard InChI is InChI=1S/C23H27BrCl2N2O3/c1-4-11-27-23(30)21(5-2)28(13-17-19(25)7-6-8-20(17)26)22(29)14-31-16-9-10-18(24)15(3)12-16/h6-10,12,21H,4-5,11,13-14H2,1-3H3,(H,27,30)/t21-/m0/s1. The van der Waals surface area contributed by atoms with Crippen LogP contribution in [0.25, 0.3) is 0 Å². The third kappa shape index (κ3) is 7.13. The summed E-state index contributed by atoms with van der Waals surface area (Å²) >= 11 is 16.1. The highest BCUT2D eigenvalue weighted by molar-refractivity contribution is 9.10. The van der Waals surface area contributed by atoms with Gasteiger partial charge in [-0.1, -0.05) is 59.0 Å². The number of nitrogens with zero attached hydrogens (tertiary/aromatic N) is 1. The number of carbonyl (C=O) groups excluding carboxylic acids is 2. The number of aryl methyl sites for hydroxylation is 1. The first kappa shape index (κ1) is 25.5. The fourth-order valence-corrected chi connectivity index (χ4v) is 3.84. The van der Waals surface area contributed by atoms with Crippen LogP contribution in [0.1, 0.15) is 37.8 Å². The normalized spacial score (nSPS) is 11.7. The second-order valence-electron chi connectivity index (χ2n) is 7.14. The summed E-state index contributed by atoms with van der Waals surface area (Å²) in [7, 11) is 0. The third-order valence-electron chi connectivity index (χ3n) is 4.82. The highest BCUT2D eigenvalue weighted by atomic mass is 79.9. The minimum absolute atomic E-state index is 0.109. The van der Waals surface area contributed by atoms with Gasteiger partial charge in [-0.15, -0.1) is 0 Å². The lowest BCUT2D eigenvalue weighted by Crippen LogP contribution is -2.50. The van der Waals surface area contributed by atoms with E-state index < -0.39 is 6.04 Å². The smallest absolute Gasteiger partial charge is 0.261 e. The van der Waals surface area contributed by atoms with Gasteiger partial charge >= 0.3 is 0 Å². The number of rotatable bonds is 10. The summed E-state index contributed by atoms with van der Waals surface area (Å²) in [5.74, 6) is 0.0451. The van der Waals surface area contributed by atoms with E-state index in [0.717, 1.165) is 16.5 Å². The fourth-order valence-electron chi connectivity index (χ4n) is 3.07. The molecule has 0 fully saturated rings. The van der Waals surface area contributed by atoms with Crippen molar-refractivity contribution in [2.24, 2.45) is 0 Å². The maximum atomic E-state index is 13.2. The molecule has 168 valence electrons. The van der Waals surface area contributed by atoms with Gasteiger partial charge in [0.25, 0.3) is 5.91 Å². The van der Waals surface area contributed by atoms with Gasteiger partial charge in [0.05, 0.1) is 0 Å². The van der Waals surface area contributed by atoms with Gasteiger partial charge in [-0.2, -0.15) is 0 Å². The molecular weight excluding hydrogens is 503 g/mol. The van der Waals surface area contributed by atoms with Crippen molar-refractivity contribution in [1.82, 2.24) is 10.2 Å². The molecule has 0 bridgehead atoms. The molecule has 0 aliphatic rings. The molecule has 5 nitrogen and oxygen atoms in total. The summed E-state index contributed by atoms with van der Waals surface area (Å²) in [4.78, 5) is 27.5. The largest absolute Gasteiger partial charge is 0.484 e. The topological polar surface area (TPSA) is 58.6 Å². The number of carbonyl (C=O) groups is 2. The van der Waals surface area contributed by atoms with E-state index in [4.69, 9.17) is 27.9 Å². The maximum Gasteiger partial charge on any atom is 0.261 e. The Morgan fingerprint density at radius 3 is 2.42 bits per heavy atom. The molecule has 2 amide bonds. The van der Waals surface area contributed by atoms with Crippen molar-refractivity contribution < 1.29 is 14.3 Å². The lowest BCUT2D eigenvalue weighted by atomic mass is 10.1. The maximum absolute atomic E-state index is 13.2. The van der Waals surface area contributed by atoms with Gasteiger partial charge in [-0.25, -0.2) is 0 Å². The van der Waals surface area contributed by atoms with Crippen molar-refractivity contribution in [3.63, 3.8) is 0 Å². The Hall–Kier alpha value is -1.76. The number of benzene rings is 2. The van der Waals surface area contributed by atoms with Crippen LogP contribution in [0.2, 0.25) is 10.0 Å². The monoisotopic (exact) mass is 528 g/mol. The van der Waals surface area contributed by atoms with E-state index in [1.807, 2.05) is 32.9 Å². The first-order chi connectivity index (χ1) is 14.8. The van der Waals surface area contributed by atoms with Crippen LogP contribution < -0.4 is 10.1 Å². The lowest BCUT2D eigenvalue weighted by molar-refractivity contribution is -0.143. The quantitative estimate of drug-likeness (QED) is 0.424. The molecule has 0 aliphatic heterocycles. The molecule has 1 N–H and O–H groups in total. The molecule has 0 spiro atoms. The van der Waals surface area contributed by atoms with Crippen molar-refractivity contribution >= 4 is 50.9 Å². The first-order valence-corrected chi connectivity index (χ1v) is 11.7. The molecule has 0 aromatic heterocycles. The number of amides is 2. The minimum Gasteiger partial charge on any atom is -0.484 e. The SMILES string of the molecule is CCCNC(=O)[C@H](CC)N(Cc1c(Cl)cccc1Cl)C(=O)COc1ccc(Br)c(C)c1. The summed E-state index contributed by atoms with van der Waals surface area (Å²) < 4.78 is 6.69. The van der Waals surface area contributed by atoms with Gasteiger partial charge in [0.15, 0.2) is 6.61 Å². The van der Waals surface area contributed by atoms with Gasteiger partial charge in [0.1, 0.15) is 11.8 Å². The molecular formula is C23H27BrCl2N2O3. The fraction of sp³-hybridized carbons (Fsp3) is 0.391. The Morgan fingerprint density at radius 2 is 1.84 bits per heavy atom. The summed E-state index contributed by atoms with van der Waals surface area (Å²) in [5, 5.41) is 3.76. The van der Waals surface area contributed by atoms with Crippen LogP contribution in [0.15, 0.2) is 40.9 Å². The molecule has 1 atom stereocenters. The van der Waals surface area contributed by atoms with Crippen LogP contribution in [0.5, 0.6) is 5.75 Å². The van der Waals surface area contributed by atoms with Crippen LogP contribution in [0.3, 0.4) is 0 Å². The van der Waals surface area contributed by atoms with E-state index in [1.165, 1.54) is 4.90 Å². The van der Waals surface area contributed by atoms with E-state index in [9.17, 15) is 9.59 Å². The van der Waals surface area contributed by atoms with Crippen LogP contribution in [-0.2, 0) is 16.1 Å². The zero-order chi connectivity index (χ0) is 23.0. The van der Waals surface area contributed by atoms with Crippen molar-refractivity contribution in [3.8, 4) is 5.75 Å². The summed E-state index contributed by atoms with van der Waals surface area (Å²) in [6.07, 6.45) is 1.25. The predicted octanol–water partition coefficient (Wildman–Crippen LogP) is 5.78. The predicted molar refractivity (Wildman–Crippen MR) is 129 cm³/mol. The molecule has 0 saturated heterocycles. The first-order valence-electron chi connectivity index (χ1n) is 10.2. The molecule has 8 heteroatoms. The van der Waals surface area contributed by atoms with Crippen molar-refractivity contribution in [1.29, 1.82) is 0 Å². The van der Waals surface area contributed by atoms with Gasteiger partial charge in [0, 0.05) is 33.2 Å². The Balaban J connectivity index is 2.27. The molecule has 0 heterocycles. The second kappa shape index (κ2) is 12.3. The molecule has 0 aliphatic carbocycles. The van der Waals surface area contributed by atoms with E-state index in [2.05, 4.69) is 21.2 Å². The zero-order valence-electron chi connectivity index (χ0n) is 17.9. The highest BCUT2D eigenvalue weighted by Crippen LogP contribution is 2.27. The zero-order valence-corrected chi connectivity index (χ0v) is 21.0. The van der Waals surface area contributed by atoms with E-state index in [-0.39, 0.29) is 25.0 Å². The molecule has 2 aromatic carbocycles. The third-order valence-corrected chi connectivity index (χ3v) is 6.41. The van der Waals surface area contributed by atoms with Gasteiger partial charge < -0.3 is 15.0 Å². The van der Waals surface area contributed by atoms with Crippen molar-refractivity contribution in [2.75, 3.05) is 13.2 Å². The van der Waals surface area contributed by atoms with E-state index in [1.54, 1.807) is 24.3 Å². The molecule has 2 rings (SSSR count). The Morgan fingerprint density at radius 1 is 1.16 bits per heavy atom. The highest BCUT2D eigenvalue weighted by Gasteiger charge is 2.29. The summed E-state index contributed by atoms with van der Waals surface area (Å²) in [5.41, 5.74) is 1.59. The number of hydrogen-bond donors (Lipinski definition) is 1. The molecule has 0 radical (unpaired) electrons. The Bertz CT molecular complexity index is 903. The van der Waals surface area contributed by atoms with Crippen molar-refractivity contribution in [3.05, 3.63) is 62.0 Å². The number of nitrogens with one attached hydrogen (secondary N) is 1. The van der Waals surface area contributed by atoms with Crippen LogP contribution in [0, 0.1) is 6.92 Å². The van der Waals surface area contributed by atoms with E-state index >= 15 is 0 Å². The Labute approximate surface area is 202 Å². The summed E-state index contributed by atoms with van der Waals surface area (Å²) in [6.45, 7) is 6.22. The average molecular weight is 530 g/mol. The van der Waals surface area contributed by atoms with Crippen LogP contribution in [0.4, 0.5) is 0 Å². The van der Waals surface area contributed by atoms with Crippen LogP contribution in [-0.4, -0.2) is 35.9 Å². The summed E-state index contributed by atoms with van der Waals surface area (Å²) in [6, 6.07) is 9.99. The Kier molecular flexibility index (Phi) is 10.1. The van der Waals surface area contributed by atoms with Gasteiger partial charge in [-0.3, -0.25) is 9.59 Å². The van der Waals surface area contributed by atoms with Gasteiger partial charge in [0.2, 0.25) is 5.91 Å². The van der Waals surface area contributed by atoms with Crippen LogP contribution >= 0.6 is 39.1 Å². The van der Waals surface area contributed by atoms with Crippen molar-refractivity contribution in [2.45, 2.75) is 46.2 Å². The average Bonchev–Trinajstić information content (AvgIpc) is 2.74. The van der Waals surface area contributed by atoms with E-state index in [0.29, 0.717) is 34.3 Å². The number of halogens is 3. The lowest BCUT2D eigenvalue weighted by Gasteiger charge is -2.31. The molecule has 0 saturated carbocycles. The minimum atomic E-state index is -0.665. The molecule has 2 aromatic rings. The number of ether oxygens (including phenoxy) is 1. The van der Waals surface area contributed by atoms with Gasteiger partial charge in [-0.05, 0) is 55.7 Å². The molecule has 0 unspecified atom stereocenters. The number of hydrogen-bond acceptors (Lipinski definition) is 3. The molecule has 31 heavy (non-hydrogen) atoms. The second-order valence-corrected chi connectivity index (χ2v) is 8.81.